The molecule has 1 atom stereocenters. The number of rotatable bonds is 0. The minimum absolute atomic E-state index is 0.167. The van der Waals surface area contributed by atoms with Crippen LogP contribution in [0, 0.1) is 23.5 Å². The van der Waals surface area contributed by atoms with Crippen LogP contribution in [0.2, 0.25) is 0 Å². The van der Waals surface area contributed by atoms with Gasteiger partial charge in [0.2, 0.25) is 0 Å². The molecule has 5 rings (SSSR count). The van der Waals surface area contributed by atoms with Gasteiger partial charge in [0.1, 0.15) is 0 Å². The van der Waals surface area contributed by atoms with Crippen molar-refractivity contribution in [1.29, 1.82) is 0 Å². The van der Waals surface area contributed by atoms with Gasteiger partial charge in [-0.05, 0) is 28.4 Å². The first-order chi connectivity index (χ1) is 17.6. The van der Waals surface area contributed by atoms with Crippen LogP contribution in [0.15, 0.2) is 48.1 Å². The van der Waals surface area contributed by atoms with E-state index in [1.807, 2.05) is 0 Å². The Bertz CT molecular complexity index is 1120. The average Bonchev–Trinajstić information content (AvgIpc) is 3.42. The van der Waals surface area contributed by atoms with E-state index in [2.05, 4.69) is 124 Å². The molecule has 0 nitrogen and oxygen atoms in total. The Balaban J connectivity index is 0.000000194. The van der Waals surface area contributed by atoms with Crippen LogP contribution in [0.25, 0.3) is 11.1 Å². The Morgan fingerprint density at radius 1 is 0.763 bits per heavy atom. The number of fused-ring (bicyclic) bond motifs is 3. The molecule has 2 aromatic rings. The molecule has 0 bridgehead atoms. The quantitative estimate of drug-likeness (QED) is 0.230. The predicted molar refractivity (Wildman–Crippen MR) is 164 cm³/mol. The summed E-state index contributed by atoms with van der Waals surface area (Å²) in [7, 11) is 0. The van der Waals surface area contributed by atoms with Crippen molar-refractivity contribution in [3.63, 3.8) is 0 Å². The maximum atomic E-state index is 3.67. The van der Waals surface area contributed by atoms with Crippen molar-refractivity contribution in [3.8, 4) is 11.1 Å². The fourth-order valence-electron chi connectivity index (χ4n) is 5.06. The van der Waals surface area contributed by atoms with E-state index >= 15 is 0 Å². The molecular weight excluding hydrogens is 536 g/mol. The van der Waals surface area contributed by atoms with Gasteiger partial charge in [-0.25, -0.2) is 6.08 Å². The third-order valence-electron chi connectivity index (χ3n) is 7.72. The molecule has 1 unspecified atom stereocenters. The number of hydrogen-bond donors (Lipinski definition) is 0. The van der Waals surface area contributed by atoms with E-state index in [1.54, 1.807) is 27.4 Å². The summed E-state index contributed by atoms with van der Waals surface area (Å²) in [5.74, 6) is 0.522. The van der Waals surface area contributed by atoms with E-state index in [9.17, 15) is 0 Å². The predicted octanol–water partition coefficient (Wildman–Crippen LogP) is 10.3. The molecule has 1 saturated carbocycles. The summed E-state index contributed by atoms with van der Waals surface area (Å²) in [6.07, 6.45) is 16.0. The van der Waals surface area contributed by atoms with Gasteiger partial charge in [0.25, 0.3) is 0 Å². The van der Waals surface area contributed by atoms with Gasteiger partial charge in [-0.2, -0.15) is 35.4 Å². The van der Waals surface area contributed by atoms with E-state index in [4.69, 9.17) is 0 Å². The van der Waals surface area contributed by atoms with Gasteiger partial charge in [-0.15, -0.1) is 11.1 Å². The van der Waals surface area contributed by atoms with E-state index < -0.39 is 0 Å². The standard InChI is InChI=1S/C21H25.C10H15.C6H10.Zr/c1-20(2,3)16-7-9-18-14(12-16)11-15-13-17(21(4,5)6)8-10-19(15)18;1-8-5-6-9(7-8)10(2,3)4;1-2-4-6-5-3-1;/h7-10,12H,11H2,1-6H3;6-8H,1-4H3;1-5H2;/q2*-1;;+2. The molecule has 1 heteroatoms. The van der Waals surface area contributed by atoms with Crippen LogP contribution in [0.5, 0.6) is 0 Å². The van der Waals surface area contributed by atoms with Crippen molar-refractivity contribution in [2.45, 2.75) is 119 Å². The molecule has 0 saturated heterocycles. The van der Waals surface area contributed by atoms with Crippen molar-refractivity contribution in [1.82, 2.24) is 0 Å². The molecule has 3 aliphatic rings. The molecule has 0 heterocycles. The first-order valence-electron chi connectivity index (χ1n) is 14.6. The molecule has 38 heavy (non-hydrogen) atoms. The van der Waals surface area contributed by atoms with Crippen LogP contribution in [-0.4, -0.2) is 3.21 Å². The van der Waals surface area contributed by atoms with Crippen LogP contribution in [0.1, 0.15) is 124 Å². The van der Waals surface area contributed by atoms with E-state index in [0.29, 0.717) is 11.3 Å². The third-order valence-corrected chi connectivity index (χ3v) is 8.95. The Morgan fingerprint density at radius 2 is 1.39 bits per heavy atom. The van der Waals surface area contributed by atoms with Gasteiger partial charge in [-0.1, -0.05) is 104 Å². The first-order valence-corrected chi connectivity index (χ1v) is 15.9. The van der Waals surface area contributed by atoms with E-state index in [1.165, 1.54) is 71.1 Å². The number of allylic oxidation sites excluding steroid dienone is 4. The van der Waals surface area contributed by atoms with Crippen LogP contribution in [0.4, 0.5) is 0 Å². The molecule has 1 fully saturated rings. The van der Waals surface area contributed by atoms with Gasteiger partial charge in [-0.3, -0.25) is 6.08 Å². The van der Waals surface area contributed by atoms with Crippen LogP contribution in [0.3, 0.4) is 0 Å². The Labute approximate surface area is 249 Å². The topological polar surface area (TPSA) is 0 Å². The molecule has 0 aromatic heterocycles. The van der Waals surface area contributed by atoms with Gasteiger partial charge in [0, 0.05) is 0 Å². The summed E-state index contributed by atoms with van der Waals surface area (Å²) in [4.78, 5) is 0. The average molecular weight is 586 g/mol. The fraction of sp³-hybridized carbons (Fsp3) is 0.541. The molecule has 0 N–H and O–H groups in total. The second kappa shape index (κ2) is 12.5. The summed E-state index contributed by atoms with van der Waals surface area (Å²) in [6.45, 7) is 22.5. The van der Waals surface area contributed by atoms with E-state index in [-0.39, 0.29) is 10.8 Å². The van der Waals surface area contributed by atoms with Crippen LogP contribution < -0.4 is 0 Å². The summed E-state index contributed by atoms with van der Waals surface area (Å²) < 4.78 is 1.80. The molecule has 0 radical (unpaired) electrons. The maximum absolute atomic E-state index is 3.67. The summed E-state index contributed by atoms with van der Waals surface area (Å²) >= 11 is 1.69. The number of benzene rings is 2. The van der Waals surface area contributed by atoms with Crippen LogP contribution in [-0.2, 0) is 41.5 Å². The summed E-state index contributed by atoms with van der Waals surface area (Å²) in [5.41, 5.74) is 10.4. The molecular formula is C37H50Zr. The summed E-state index contributed by atoms with van der Waals surface area (Å²) in [5, 5.41) is 0. The monoisotopic (exact) mass is 584 g/mol. The Hall–Kier alpha value is -1.33. The Morgan fingerprint density at radius 3 is 1.84 bits per heavy atom. The van der Waals surface area contributed by atoms with Gasteiger partial charge >= 0.3 is 59.5 Å². The van der Waals surface area contributed by atoms with Crippen molar-refractivity contribution >= 4 is 3.21 Å². The minimum atomic E-state index is 0.167. The van der Waals surface area contributed by atoms with Gasteiger partial charge in [0.05, 0.1) is 0 Å². The number of hydrogen-bond acceptors (Lipinski definition) is 0. The van der Waals surface area contributed by atoms with Crippen LogP contribution >= 0.6 is 0 Å². The molecule has 0 amide bonds. The zero-order valence-corrected chi connectivity index (χ0v) is 28.3. The fourth-order valence-corrected chi connectivity index (χ4v) is 5.93. The van der Waals surface area contributed by atoms with Crippen molar-refractivity contribution in [2.24, 2.45) is 11.3 Å². The third kappa shape index (κ3) is 8.58. The van der Waals surface area contributed by atoms with Gasteiger partial charge < -0.3 is 0 Å². The second-order valence-electron chi connectivity index (χ2n) is 14.4. The molecule has 3 aliphatic carbocycles. The zero-order valence-electron chi connectivity index (χ0n) is 25.9. The van der Waals surface area contributed by atoms with Gasteiger partial charge in [0.15, 0.2) is 0 Å². The zero-order chi connectivity index (χ0) is 28.3. The van der Waals surface area contributed by atoms with Crippen molar-refractivity contribution < 1.29 is 24.2 Å². The normalized spacial score (nSPS) is 18.6. The first kappa shape index (κ1) is 31.2. The molecule has 0 aliphatic heterocycles. The summed E-state index contributed by atoms with van der Waals surface area (Å²) in [6, 6.07) is 15.2. The van der Waals surface area contributed by atoms with E-state index in [0.717, 1.165) is 6.42 Å². The SMILES string of the molecule is CC(C)(C)c1[c-]c2c(cc1)-c1ccc(C(C)(C)C)cc1C2.CC1[C-]=CC(C(C)(C)C)=C1.[Zr+2]=[C]1CCCCC1. The van der Waals surface area contributed by atoms with Crippen molar-refractivity contribution in [3.05, 3.63) is 82.5 Å². The molecule has 2 aromatic carbocycles. The second-order valence-corrected chi connectivity index (χ2v) is 16.2. The molecule has 202 valence electrons. The molecule has 0 spiro atoms. The Kier molecular flexibility index (Phi) is 10.2. The van der Waals surface area contributed by atoms with Crippen molar-refractivity contribution in [2.75, 3.05) is 0 Å².